The number of amides is 1. The van der Waals surface area contributed by atoms with Gasteiger partial charge in [-0.1, -0.05) is 31.2 Å². The van der Waals surface area contributed by atoms with E-state index in [4.69, 9.17) is 4.74 Å². The maximum atomic E-state index is 12.4. The topological polar surface area (TPSA) is 44.8 Å². The van der Waals surface area contributed by atoms with Crippen LogP contribution in [0, 0.1) is 0 Å². The van der Waals surface area contributed by atoms with E-state index in [1.165, 1.54) is 0 Å². The first-order chi connectivity index (χ1) is 13.7. The van der Waals surface area contributed by atoms with Crippen molar-refractivity contribution in [3.05, 3.63) is 60.2 Å². The smallest absolute Gasteiger partial charge is 0.248 e. The number of nitrogens with zero attached hydrogens (tertiary/aromatic N) is 2. The van der Waals surface area contributed by atoms with Gasteiger partial charge < -0.3 is 19.9 Å². The Bertz CT molecular complexity index is 794. The average molecular weight is 380 g/mol. The number of rotatable bonds is 7. The van der Waals surface area contributed by atoms with Gasteiger partial charge in [-0.25, -0.2) is 0 Å². The second-order valence-corrected chi connectivity index (χ2v) is 6.76. The molecule has 1 aliphatic rings. The number of benzene rings is 2. The monoisotopic (exact) mass is 379 g/mol. The van der Waals surface area contributed by atoms with Gasteiger partial charge in [0, 0.05) is 32.3 Å². The number of likely N-dealkylation sites (N-methyl/N-ethyl adjacent to an activating group) is 1. The summed E-state index contributed by atoms with van der Waals surface area (Å²) in [7, 11) is 0. The summed E-state index contributed by atoms with van der Waals surface area (Å²) in [6, 6.07) is 15.7. The van der Waals surface area contributed by atoms with Crippen LogP contribution in [0.2, 0.25) is 0 Å². The largest absolute Gasteiger partial charge is 0.494 e. The molecule has 1 fully saturated rings. The highest BCUT2D eigenvalue weighted by Gasteiger charge is 2.18. The van der Waals surface area contributed by atoms with Gasteiger partial charge in [-0.2, -0.15) is 0 Å². The van der Waals surface area contributed by atoms with E-state index in [-0.39, 0.29) is 5.91 Å². The SMILES string of the molecule is CCOc1ccc(/C=C/C(=O)Nc2ccccc2N2CCN(CC)CC2)cc1. The van der Waals surface area contributed by atoms with E-state index in [0.29, 0.717) is 6.61 Å². The third kappa shape index (κ3) is 5.36. The Morgan fingerprint density at radius 3 is 2.43 bits per heavy atom. The van der Waals surface area contributed by atoms with Crippen LogP contribution in [0.25, 0.3) is 6.08 Å². The molecule has 0 bridgehead atoms. The molecular formula is C23H29N3O2. The predicted molar refractivity (Wildman–Crippen MR) is 116 cm³/mol. The first-order valence-electron chi connectivity index (χ1n) is 9.98. The molecule has 1 N–H and O–H groups in total. The van der Waals surface area contributed by atoms with Crippen LogP contribution < -0.4 is 15.0 Å². The number of piperazine rings is 1. The van der Waals surface area contributed by atoms with Gasteiger partial charge in [0.25, 0.3) is 0 Å². The molecule has 5 nitrogen and oxygen atoms in total. The molecule has 0 atom stereocenters. The summed E-state index contributed by atoms with van der Waals surface area (Å²) in [4.78, 5) is 17.2. The Balaban J connectivity index is 1.62. The molecular weight excluding hydrogens is 350 g/mol. The zero-order valence-electron chi connectivity index (χ0n) is 16.7. The number of para-hydroxylation sites is 2. The lowest BCUT2D eigenvalue weighted by Crippen LogP contribution is -2.46. The minimum atomic E-state index is -0.131. The summed E-state index contributed by atoms with van der Waals surface area (Å²) < 4.78 is 5.44. The Labute approximate surface area is 167 Å². The molecule has 1 amide bonds. The van der Waals surface area contributed by atoms with Crippen molar-refractivity contribution in [3.8, 4) is 5.75 Å². The first kappa shape index (κ1) is 20.0. The maximum Gasteiger partial charge on any atom is 0.248 e. The minimum absolute atomic E-state index is 0.131. The van der Waals surface area contributed by atoms with Crippen molar-refractivity contribution in [2.45, 2.75) is 13.8 Å². The molecule has 148 valence electrons. The van der Waals surface area contributed by atoms with E-state index in [2.05, 4.69) is 28.1 Å². The van der Waals surface area contributed by atoms with E-state index < -0.39 is 0 Å². The van der Waals surface area contributed by atoms with Gasteiger partial charge in [0.05, 0.1) is 18.0 Å². The Morgan fingerprint density at radius 1 is 1.04 bits per heavy atom. The number of nitrogens with one attached hydrogen (secondary N) is 1. The molecule has 1 saturated heterocycles. The average Bonchev–Trinajstić information content (AvgIpc) is 2.74. The summed E-state index contributed by atoms with van der Waals surface area (Å²) in [6.07, 6.45) is 3.38. The van der Waals surface area contributed by atoms with Crippen LogP contribution in [-0.2, 0) is 4.79 Å². The molecule has 5 heteroatoms. The number of hydrogen-bond donors (Lipinski definition) is 1. The lowest BCUT2D eigenvalue weighted by atomic mass is 10.2. The van der Waals surface area contributed by atoms with Crippen molar-refractivity contribution < 1.29 is 9.53 Å². The van der Waals surface area contributed by atoms with Gasteiger partial charge in [0.2, 0.25) is 5.91 Å². The fourth-order valence-electron chi connectivity index (χ4n) is 3.35. The quantitative estimate of drug-likeness (QED) is 0.742. The van der Waals surface area contributed by atoms with Crippen molar-refractivity contribution in [2.75, 3.05) is 49.5 Å². The van der Waals surface area contributed by atoms with Gasteiger partial charge in [0.1, 0.15) is 5.75 Å². The van der Waals surface area contributed by atoms with Crippen molar-refractivity contribution in [3.63, 3.8) is 0 Å². The highest BCUT2D eigenvalue weighted by molar-refractivity contribution is 6.03. The number of anilines is 2. The lowest BCUT2D eigenvalue weighted by molar-refractivity contribution is -0.111. The van der Waals surface area contributed by atoms with E-state index in [1.54, 1.807) is 6.08 Å². The summed E-state index contributed by atoms with van der Waals surface area (Å²) in [5.74, 6) is 0.703. The molecule has 0 aromatic heterocycles. The maximum absolute atomic E-state index is 12.4. The van der Waals surface area contributed by atoms with Gasteiger partial charge in [-0.15, -0.1) is 0 Å². The van der Waals surface area contributed by atoms with Crippen LogP contribution in [-0.4, -0.2) is 50.1 Å². The van der Waals surface area contributed by atoms with Crippen LogP contribution >= 0.6 is 0 Å². The molecule has 3 rings (SSSR count). The van der Waals surface area contributed by atoms with Crippen molar-refractivity contribution >= 4 is 23.4 Å². The highest BCUT2D eigenvalue weighted by Crippen LogP contribution is 2.26. The summed E-state index contributed by atoms with van der Waals surface area (Å²) >= 11 is 0. The second kappa shape index (κ2) is 9.95. The van der Waals surface area contributed by atoms with E-state index in [9.17, 15) is 4.79 Å². The van der Waals surface area contributed by atoms with Gasteiger partial charge in [-0.3, -0.25) is 4.79 Å². The first-order valence-corrected chi connectivity index (χ1v) is 9.98. The molecule has 0 unspecified atom stereocenters. The molecule has 0 radical (unpaired) electrons. The Kier molecular flexibility index (Phi) is 7.09. The van der Waals surface area contributed by atoms with Crippen LogP contribution in [0.4, 0.5) is 11.4 Å². The third-order valence-corrected chi connectivity index (χ3v) is 4.94. The molecule has 28 heavy (non-hydrogen) atoms. The van der Waals surface area contributed by atoms with Crippen LogP contribution in [0.3, 0.4) is 0 Å². The van der Waals surface area contributed by atoms with Crippen molar-refractivity contribution in [1.82, 2.24) is 4.90 Å². The summed E-state index contributed by atoms with van der Waals surface area (Å²) in [6.45, 7) is 9.94. The van der Waals surface area contributed by atoms with Crippen LogP contribution in [0.5, 0.6) is 5.75 Å². The number of carbonyl (C=O) groups is 1. The number of ether oxygens (including phenoxy) is 1. The highest BCUT2D eigenvalue weighted by atomic mass is 16.5. The van der Waals surface area contributed by atoms with E-state index >= 15 is 0 Å². The van der Waals surface area contributed by atoms with E-state index in [0.717, 1.165) is 55.4 Å². The second-order valence-electron chi connectivity index (χ2n) is 6.76. The zero-order chi connectivity index (χ0) is 19.8. The van der Waals surface area contributed by atoms with Gasteiger partial charge >= 0.3 is 0 Å². The molecule has 0 spiro atoms. The van der Waals surface area contributed by atoms with Gasteiger partial charge in [0.15, 0.2) is 0 Å². The number of carbonyl (C=O) groups excluding carboxylic acids is 1. The standard InChI is InChI=1S/C23H29N3O2/c1-3-25-15-17-26(18-16-25)22-8-6-5-7-21(22)24-23(27)14-11-19-9-12-20(13-10-19)28-4-2/h5-14H,3-4,15-18H2,1-2H3,(H,24,27)/b14-11+. The number of hydrogen-bond acceptors (Lipinski definition) is 4. The van der Waals surface area contributed by atoms with Crippen molar-refractivity contribution in [2.24, 2.45) is 0 Å². The lowest BCUT2D eigenvalue weighted by Gasteiger charge is -2.36. The summed E-state index contributed by atoms with van der Waals surface area (Å²) in [5.41, 5.74) is 2.90. The molecule has 2 aromatic carbocycles. The summed E-state index contributed by atoms with van der Waals surface area (Å²) in [5, 5.41) is 3.03. The van der Waals surface area contributed by atoms with Crippen LogP contribution in [0.15, 0.2) is 54.6 Å². The molecule has 0 aliphatic carbocycles. The Hall–Kier alpha value is -2.79. The fraction of sp³-hybridized carbons (Fsp3) is 0.348. The third-order valence-electron chi connectivity index (χ3n) is 4.94. The molecule has 1 heterocycles. The van der Waals surface area contributed by atoms with Crippen molar-refractivity contribution in [1.29, 1.82) is 0 Å². The van der Waals surface area contributed by atoms with Crippen LogP contribution in [0.1, 0.15) is 19.4 Å². The minimum Gasteiger partial charge on any atom is -0.494 e. The normalized spacial score (nSPS) is 15.0. The Morgan fingerprint density at radius 2 is 1.75 bits per heavy atom. The molecule has 0 saturated carbocycles. The predicted octanol–water partition coefficient (Wildman–Crippen LogP) is 3.88. The zero-order valence-corrected chi connectivity index (χ0v) is 16.7. The fourth-order valence-corrected chi connectivity index (χ4v) is 3.35. The molecule has 1 aliphatic heterocycles. The van der Waals surface area contributed by atoms with Gasteiger partial charge in [-0.05, 0) is 49.4 Å². The molecule has 2 aromatic rings. The van der Waals surface area contributed by atoms with E-state index in [1.807, 2.05) is 55.5 Å².